The van der Waals surface area contributed by atoms with E-state index in [0.717, 1.165) is 5.76 Å². The molecule has 0 spiro atoms. The summed E-state index contributed by atoms with van der Waals surface area (Å²) in [7, 11) is 2.21. The molecule has 2 unspecified atom stereocenters. The monoisotopic (exact) mass is 222 g/mol. The van der Waals surface area contributed by atoms with E-state index in [0.29, 0.717) is 18.1 Å². The minimum absolute atomic E-state index is 0.315. The van der Waals surface area contributed by atoms with Crippen molar-refractivity contribution in [3.8, 4) is 0 Å². The molecule has 2 rings (SSSR count). The molecular formula is C13H22N2O. The number of piperidine rings is 1. The molecule has 3 heteroatoms. The summed E-state index contributed by atoms with van der Waals surface area (Å²) in [5.41, 5.74) is 0. The van der Waals surface area contributed by atoms with Gasteiger partial charge in [0.05, 0.1) is 12.3 Å². The van der Waals surface area contributed by atoms with Gasteiger partial charge in [-0.2, -0.15) is 0 Å². The maximum Gasteiger partial charge on any atom is 0.120 e. The quantitative estimate of drug-likeness (QED) is 0.851. The van der Waals surface area contributed by atoms with Gasteiger partial charge in [-0.05, 0) is 52.4 Å². The van der Waals surface area contributed by atoms with Gasteiger partial charge in [-0.15, -0.1) is 0 Å². The molecule has 0 radical (unpaired) electrons. The van der Waals surface area contributed by atoms with E-state index in [1.54, 1.807) is 6.26 Å². The lowest BCUT2D eigenvalue weighted by Gasteiger charge is -2.36. The van der Waals surface area contributed by atoms with Crippen molar-refractivity contribution in [3.05, 3.63) is 24.2 Å². The maximum absolute atomic E-state index is 5.41. The second kappa shape index (κ2) is 5.02. The van der Waals surface area contributed by atoms with Crippen LogP contribution in [0, 0.1) is 0 Å². The zero-order valence-corrected chi connectivity index (χ0v) is 10.4. The lowest BCUT2D eigenvalue weighted by atomic mass is 9.98. The van der Waals surface area contributed by atoms with Crippen molar-refractivity contribution in [1.82, 2.24) is 10.2 Å². The molecule has 1 N–H and O–H groups in total. The van der Waals surface area contributed by atoms with Gasteiger partial charge < -0.3 is 14.6 Å². The molecule has 3 atom stereocenters. The molecule has 0 aliphatic carbocycles. The number of nitrogens with zero attached hydrogens (tertiary/aromatic N) is 1. The Morgan fingerprint density at radius 1 is 1.56 bits per heavy atom. The number of rotatable bonds is 3. The zero-order valence-electron chi connectivity index (χ0n) is 10.4. The molecule has 1 saturated heterocycles. The van der Waals surface area contributed by atoms with Gasteiger partial charge in [0.25, 0.3) is 0 Å². The molecule has 2 heterocycles. The first kappa shape index (κ1) is 11.7. The van der Waals surface area contributed by atoms with Crippen molar-refractivity contribution in [2.75, 3.05) is 13.6 Å². The summed E-state index contributed by atoms with van der Waals surface area (Å²) in [5, 5.41) is 3.65. The van der Waals surface area contributed by atoms with Crippen LogP contribution in [0.5, 0.6) is 0 Å². The van der Waals surface area contributed by atoms with E-state index in [9.17, 15) is 0 Å². The minimum atomic E-state index is 0.315. The standard InChI is InChI=1S/C13H22N2O/c1-10-9-12(6-7-15(10)3)14-11(2)13-5-4-8-16-13/h4-5,8,10-12,14H,6-7,9H2,1-3H3/t10?,11-,12?/m0/s1. The number of nitrogens with one attached hydrogen (secondary N) is 1. The molecule has 1 aromatic rings. The Morgan fingerprint density at radius 2 is 2.38 bits per heavy atom. The molecular weight excluding hydrogens is 200 g/mol. The minimum Gasteiger partial charge on any atom is -0.468 e. The second-order valence-electron chi connectivity index (χ2n) is 4.95. The van der Waals surface area contributed by atoms with Gasteiger partial charge in [-0.1, -0.05) is 0 Å². The highest BCUT2D eigenvalue weighted by molar-refractivity contribution is 5.03. The first-order valence-electron chi connectivity index (χ1n) is 6.16. The van der Waals surface area contributed by atoms with E-state index in [1.165, 1.54) is 19.4 Å². The van der Waals surface area contributed by atoms with Crippen molar-refractivity contribution in [1.29, 1.82) is 0 Å². The van der Waals surface area contributed by atoms with Gasteiger partial charge in [0.2, 0.25) is 0 Å². The summed E-state index contributed by atoms with van der Waals surface area (Å²) in [6, 6.07) is 5.60. The fourth-order valence-electron chi connectivity index (χ4n) is 2.41. The second-order valence-corrected chi connectivity index (χ2v) is 4.95. The average molecular weight is 222 g/mol. The zero-order chi connectivity index (χ0) is 11.5. The Hall–Kier alpha value is -0.800. The highest BCUT2D eigenvalue weighted by atomic mass is 16.3. The maximum atomic E-state index is 5.41. The molecule has 0 aromatic carbocycles. The molecule has 0 bridgehead atoms. The molecule has 90 valence electrons. The average Bonchev–Trinajstić information content (AvgIpc) is 2.77. The number of furan rings is 1. The summed E-state index contributed by atoms with van der Waals surface area (Å²) in [6.07, 6.45) is 4.19. The van der Waals surface area contributed by atoms with E-state index in [1.807, 2.05) is 12.1 Å². The van der Waals surface area contributed by atoms with Crippen molar-refractivity contribution in [2.24, 2.45) is 0 Å². The molecule has 0 saturated carbocycles. The third kappa shape index (κ3) is 2.66. The predicted molar refractivity (Wildman–Crippen MR) is 65.4 cm³/mol. The van der Waals surface area contributed by atoms with Crippen LogP contribution >= 0.6 is 0 Å². The third-order valence-electron chi connectivity index (χ3n) is 3.66. The highest BCUT2D eigenvalue weighted by Crippen LogP contribution is 2.20. The normalized spacial score (nSPS) is 29.2. The summed E-state index contributed by atoms with van der Waals surface area (Å²) >= 11 is 0. The Morgan fingerprint density at radius 3 is 3.00 bits per heavy atom. The molecule has 0 amide bonds. The Bertz CT molecular complexity index is 310. The smallest absolute Gasteiger partial charge is 0.120 e. The van der Waals surface area contributed by atoms with Crippen molar-refractivity contribution in [2.45, 2.75) is 44.8 Å². The SMILES string of the molecule is CC1CC(N[C@@H](C)c2ccco2)CCN1C. The number of hydrogen-bond acceptors (Lipinski definition) is 3. The molecule has 1 aliphatic rings. The third-order valence-corrected chi connectivity index (χ3v) is 3.66. The van der Waals surface area contributed by atoms with Gasteiger partial charge >= 0.3 is 0 Å². The Labute approximate surface area is 97.8 Å². The first-order chi connectivity index (χ1) is 7.66. The van der Waals surface area contributed by atoms with Crippen LogP contribution in [0.4, 0.5) is 0 Å². The lowest BCUT2D eigenvalue weighted by Crippen LogP contribution is -2.46. The van der Waals surface area contributed by atoms with E-state index in [-0.39, 0.29) is 0 Å². The summed E-state index contributed by atoms with van der Waals surface area (Å²) in [5.74, 6) is 1.03. The summed E-state index contributed by atoms with van der Waals surface area (Å²) in [4.78, 5) is 2.43. The van der Waals surface area contributed by atoms with E-state index < -0.39 is 0 Å². The van der Waals surface area contributed by atoms with Crippen LogP contribution in [0.15, 0.2) is 22.8 Å². The molecule has 3 nitrogen and oxygen atoms in total. The highest BCUT2D eigenvalue weighted by Gasteiger charge is 2.24. The van der Waals surface area contributed by atoms with Crippen molar-refractivity contribution in [3.63, 3.8) is 0 Å². The Balaban J connectivity index is 1.86. The largest absolute Gasteiger partial charge is 0.468 e. The van der Waals surface area contributed by atoms with Gasteiger partial charge in [-0.25, -0.2) is 0 Å². The molecule has 1 aromatic heterocycles. The van der Waals surface area contributed by atoms with Crippen molar-refractivity contribution < 1.29 is 4.42 Å². The van der Waals surface area contributed by atoms with Crippen LogP contribution < -0.4 is 5.32 Å². The molecule has 1 fully saturated rings. The van der Waals surface area contributed by atoms with Crippen LogP contribution in [0.2, 0.25) is 0 Å². The molecule has 1 aliphatic heterocycles. The Kier molecular flexibility index (Phi) is 3.66. The van der Waals surface area contributed by atoms with Crippen LogP contribution in [0.1, 0.15) is 38.5 Å². The van der Waals surface area contributed by atoms with Crippen molar-refractivity contribution >= 4 is 0 Å². The van der Waals surface area contributed by atoms with Crippen LogP contribution in [-0.4, -0.2) is 30.6 Å². The fraction of sp³-hybridized carbons (Fsp3) is 0.692. The van der Waals surface area contributed by atoms with E-state index in [2.05, 4.69) is 31.1 Å². The lowest BCUT2D eigenvalue weighted by molar-refractivity contribution is 0.161. The number of hydrogen-bond donors (Lipinski definition) is 1. The van der Waals surface area contributed by atoms with Crippen LogP contribution in [-0.2, 0) is 0 Å². The number of likely N-dealkylation sites (tertiary alicyclic amines) is 1. The molecule has 16 heavy (non-hydrogen) atoms. The first-order valence-corrected chi connectivity index (χ1v) is 6.16. The van der Waals surface area contributed by atoms with E-state index in [4.69, 9.17) is 4.42 Å². The van der Waals surface area contributed by atoms with Gasteiger partial charge in [0.1, 0.15) is 5.76 Å². The van der Waals surface area contributed by atoms with Gasteiger partial charge in [0.15, 0.2) is 0 Å². The van der Waals surface area contributed by atoms with E-state index >= 15 is 0 Å². The topological polar surface area (TPSA) is 28.4 Å². The van der Waals surface area contributed by atoms with Gasteiger partial charge in [0, 0.05) is 12.1 Å². The van der Waals surface area contributed by atoms with Crippen LogP contribution in [0.25, 0.3) is 0 Å². The fourth-order valence-corrected chi connectivity index (χ4v) is 2.41. The summed E-state index contributed by atoms with van der Waals surface area (Å²) in [6.45, 7) is 5.65. The predicted octanol–water partition coefficient (Wildman–Crippen LogP) is 2.41. The van der Waals surface area contributed by atoms with Gasteiger partial charge in [-0.3, -0.25) is 0 Å². The van der Waals surface area contributed by atoms with Crippen LogP contribution in [0.3, 0.4) is 0 Å². The summed E-state index contributed by atoms with van der Waals surface area (Å²) < 4.78 is 5.41.